The van der Waals surface area contributed by atoms with Crippen LogP contribution in [0.2, 0.25) is 0 Å². The maximum absolute atomic E-state index is 6.80. The number of hydrogen-bond donors (Lipinski definition) is 0. The fraction of sp³-hybridized carbons (Fsp3) is 0.0625. The van der Waals surface area contributed by atoms with Crippen molar-refractivity contribution in [1.82, 2.24) is 15.0 Å². The van der Waals surface area contributed by atoms with Gasteiger partial charge >= 0.3 is 0 Å². The Balaban J connectivity index is 1.22. The molecule has 2 aromatic heterocycles. The minimum absolute atomic E-state index is 0.185. The summed E-state index contributed by atoms with van der Waals surface area (Å²) in [5.74, 6) is 1.74. The van der Waals surface area contributed by atoms with Crippen LogP contribution in [0.3, 0.4) is 0 Å². The number of hydrogen-bond acceptors (Lipinski definition) is 4. The van der Waals surface area contributed by atoms with Gasteiger partial charge in [0.2, 0.25) is 0 Å². The molecule has 4 nitrogen and oxygen atoms in total. The van der Waals surface area contributed by atoms with Crippen LogP contribution in [0.5, 0.6) is 0 Å². The van der Waals surface area contributed by atoms with Crippen LogP contribution in [0.25, 0.3) is 83.9 Å². The summed E-state index contributed by atoms with van der Waals surface area (Å²) in [7, 11) is 0. The number of fused-ring (bicyclic) bond motifs is 7. The SMILES string of the molecule is C=C/C=C(\C=C)c1cccc(-c2nc(-c3cccc(-c4ccccc4)c3)nc(-c3ccc4c(c3)oc3c5c(ccc34)-c3ccccc3C5(C)C)n2)c1. The first kappa shape index (κ1) is 31.3. The van der Waals surface area contributed by atoms with Crippen molar-refractivity contribution >= 4 is 27.5 Å². The van der Waals surface area contributed by atoms with E-state index >= 15 is 0 Å². The van der Waals surface area contributed by atoms with Crippen LogP contribution in [0.1, 0.15) is 30.5 Å². The zero-order chi connectivity index (χ0) is 35.4. The van der Waals surface area contributed by atoms with Crippen LogP contribution in [-0.4, -0.2) is 15.0 Å². The van der Waals surface area contributed by atoms with Crippen molar-refractivity contribution in [1.29, 1.82) is 0 Å². The minimum atomic E-state index is -0.185. The molecular weight excluding hydrogens is 635 g/mol. The Kier molecular flexibility index (Phi) is 7.41. The lowest BCUT2D eigenvalue weighted by Gasteiger charge is -2.21. The summed E-state index contributed by atoms with van der Waals surface area (Å²) in [5, 5.41) is 2.18. The van der Waals surface area contributed by atoms with Crippen molar-refractivity contribution in [3.05, 3.63) is 182 Å². The van der Waals surface area contributed by atoms with Crippen LogP contribution < -0.4 is 0 Å². The highest BCUT2D eigenvalue weighted by molar-refractivity contribution is 6.09. The molecule has 2 heterocycles. The number of benzene rings is 6. The molecule has 0 unspecified atom stereocenters. The molecule has 0 radical (unpaired) electrons. The molecule has 8 aromatic rings. The van der Waals surface area contributed by atoms with Crippen molar-refractivity contribution < 1.29 is 4.42 Å². The van der Waals surface area contributed by atoms with Gasteiger partial charge in [0, 0.05) is 38.4 Å². The summed E-state index contributed by atoms with van der Waals surface area (Å²) in [6.45, 7) is 12.5. The van der Waals surface area contributed by atoms with Crippen molar-refractivity contribution in [3.8, 4) is 56.4 Å². The first-order valence-corrected chi connectivity index (χ1v) is 17.5. The van der Waals surface area contributed by atoms with Gasteiger partial charge in [-0.3, -0.25) is 0 Å². The average molecular weight is 670 g/mol. The highest BCUT2D eigenvalue weighted by Gasteiger charge is 2.38. The lowest BCUT2D eigenvalue weighted by Crippen LogP contribution is -2.15. The summed E-state index contributed by atoms with van der Waals surface area (Å²) in [4.78, 5) is 15.3. The fourth-order valence-corrected chi connectivity index (χ4v) is 7.70. The number of nitrogens with zero attached hydrogens (tertiary/aromatic N) is 3. The van der Waals surface area contributed by atoms with Crippen LogP contribution >= 0.6 is 0 Å². The molecule has 0 N–H and O–H groups in total. The lowest BCUT2D eigenvalue weighted by molar-refractivity contribution is 0.620. The summed E-state index contributed by atoms with van der Waals surface area (Å²) < 4.78 is 6.80. The lowest BCUT2D eigenvalue weighted by atomic mass is 9.82. The maximum atomic E-state index is 6.80. The van der Waals surface area contributed by atoms with Crippen molar-refractivity contribution in [2.45, 2.75) is 19.3 Å². The van der Waals surface area contributed by atoms with Crippen LogP contribution in [0, 0.1) is 0 Å². The van der Waals surface area contributed by atoms with E-state index in [4.69, 9.17) is 19.4 Å². The van der Waals surface area contributed by atoms with Gasteiger partial charge in [-0.15, -0.1) is 0 Å². The topological polar surface area (TPSA) is 51.8 Å². The smallest absolute Gasteiger partial charge is 0.164 e. The Morgan fingerprint density at radius 2 is 1.21 bits per heavy atom. The first-order chi connectivity index (χ1) is 25.4. The molecule has 0 saturated heterocycles. The molecule has 6 aromatic carbocycles. The van der Waals surface area contributed by atoms with E-state index in [1.54, 1.807) is 6.08 Å². The molecule has 1 aliphatic rings. The summed E-state index contributed by atoms with van der Waals surface area (Å²) in [6.07, 6.45) is 5.55. The summed E-state index contributed by atoms with van der Waals surface area (Å²) in [5.41, 5.74) is 13.4. The normalized spacial score (nSPS) is 13.2. The zero-order valence-electron chi connectivity index (χ0n) is 29.1. The van der Waals surface area contributed by atoms with Gasteiger partial charge in [0.25, 0.3) is 0 Å². The number of furan rings is 1. The standard InChI is InChI=1S/C48H35N3O/c1-5-14-30(6-2)32-17-12-19-34(27-32)45-49-46(35-20-13-18-33(28-35)31-15-8-7-9-16-31)51-47(50-45)36-23-24-38-40-26-25-39-37-21-10-11-22-41(37)48(3,4)43(39)44(40)52-42(38)29-36/h5-29H,1-2H2,3-4H3/b30-14+. The molecule has 4 heteroatoms. The molecule has 248 valence electrons. The summed E-state index contributed by atoms with van der Waals surface area (Å²) >= 11 is 0. The number of aromatic nitrogens is 3. The quantitative estimate of drug-likeness (QED) is 0.159. The average Bonchev–Trinajstić information content (AvgIpc) is 3.68. The Bertz CT molecular complexity index is 2750. The molecule has 0 bridgehead atoms. The molecular formula is C48H35N3O. The highest BCUT2D eigenvalue weighted by atomic mass is 16.3. The van der Waals surface area contributed by atoms with E-state index in [0.717, 1.165) is 60.9 Å². The van der Waals surface area contributed by atoms with E-state index in [1.165, 1.54) is 22.3 Å². The Morgan fingerprint density at radius 3 is 1.96 bits per heavy atom. The molecule has 0 fully saturated rings. The molecule has 9 rings (SSSR count). The van der Waals surface area contributed by atoms with Gasteiger partial charge in [0.05, 0.1) is 0 Å². The van der Waals surface area contributed by atoms with Crippen molar-refractivity contribution in [2.75, 3.05) is 0 Å². The Labute approximate surface area is 303 Å². The monoisotopic (exact) mass is 669 g/mol. The van der Waals surface area contributed by atoms with Crippen LogP contribution in [-0.2, 0) is 5.41 Å². The van der Waals surface area contributed by atoms with Crippen LogP contribution in [0.15, 0.2) is 169 Å². The Hall–Kier alpha value is -6.65. The highest BCUT2D eigenvalue weighted by Crippen LogP contribution is 2.52. The van der Waals surface area contributed by atoms with Gasteiger partial charge < -0.3 is 4.42 Å². The number of rotatable bonds is 7. The van der Waals surface area contributed by atoms with Gasteiger partial charge in [0.1, 0.15) is 11.2 Å². The van der Waals surface area contributed by atoms with Gasteiger partial charge in [-0.2, -0.15) is 0 Å². The third kappa shape index (κ3) is 5.11. The van der Waals surface area contributed by atoms with Gasteiger partial charge in [0.15, 0.2) is 17.5 Å². The van der Waals surface area contributed by atoms with E-state index in [0.29, 0.717) is 17.5 Å². The minimum Gasteiger partial charge on any atom is -0.456 e. The van der Waals surface area contributed by atoms with Gasteiger partial charge in [-0.1, -0.05) is 148 Å². The third-order valence-electron chi connectivity index (χ3n) is 10.3. The van der Waals surface area contributed by atoms with Crippen molar-refractivity contribution in [2.24, 2.45) is 0 Å². The fourth-order valence-electron chi connectivity index (χ4n) is 7.70. The summed E-state index contributed by atoms with van der Waals surface area (Å²) in [6, 6.07) is 46.3. The van der Waals surface area contributed by atoms with E-state index in [-0.39, 0.29) is 5.41 Å². The van der Waals surface area contributed by atoms with Gasteiger partial charge in [-0.05, 0) is 69.3 Å². The zero-order valence-corrected chi connectivity index (χ0v) is 29.1. The van der Waals surface area contributed by atoms with Crippen LogP contribution in [0.4, 0.5) is 0 Å². The third-order valence-corrected chi connectivity index (χ3v) is 10.3. The molecule has 0 aliphatic heterocycles. The molecule has 52 heavy (non-hydrogen) atoms. The van der Waals surface area contributed by atoms with Crippen molar-refractivity contribution in [3.63, 3.8) is 0 Å². The predicted molar refractivity (Wildman–Crippen MR) is 215 cm³/mol. The second-order valence-electron chi connectivity index (χ2n) is 13.7. The number of allylic oxidation sites excluding steroid dienone is 4. The van der Waals surface area contributed by atoms with E-state index in [9.17, 15) is 0 Å². The predicted octanol–water partition coefficient (Wildman–Crippen LogP) is 12.5. The molecule has 0 atom stereocenters. The Morgan fingerprint density at radius 1 is 0.577 bits per heavy atom. The molecule has 1 aliphatic carbocycles. The molecule has 0 spiro atoms. The molecule has 0 saturated carbocycles. The first-order valence-electron chi connectivity index (χ1n) is 17.5. The largest absolute Gasteiger partial charge is 0.456 e. The van der Waals surface area contributed by atoms with E-state index in [2.05, 4.69) is 142 Å². The second kappa shape index (κ2) is 12.3. The van der Waals surface area contributed by atoms with E-state index < -0.39 is 0 Å². The van der Waals surface area contributed by atoms with E-state index in [1.807, 2.05) is 30.4 Å². The molecule has 0 amide bonds. The van der Waals surface area contributed by atoms with Gasteiger partial charge in [-0.25, -0.2) is 15.0 Å². The second-order valence-corrected chi connectivity index (χ2v) is 13.7. The maximum Gasteiger partial charge on any atom is 0.164 e.